The molecule has 0 fully saturated rings. The molecule has 1 heterocycles. The summed E-state index contributed by atoms with van der Waals surface area (Å²) >= 11 is 0. The van der Waals surface area contributed by atoms with Gasteiger partial charge in [-0.15, -0.1) is 0 Å². The maximum Gasteiger partial charge on any atom is 0.186 e. The number of carbonyl (C=O) groups is 2. The number of benzene rings is 1. The largest absolute Gasteiger partial charge is 0.316 e. The number of aldehydes is 1. The summed E-state index contributed by atoms with van der Waals surface area (Å²) < 4.78 is 0. The average molecular weight is 372 g/mol. The van der Waals surface area contributed by atoms with Gasteiger partial charge in [0.2, 0.25) is 0 Å². The molecule has 1 aromatic heterocycles. The smallest absolute Gasteiger partial charge is 0.186 e. The molecule has 0 saturated heterocycles. The van der Waals surface area contributed by atoms with Crippen LogP contribution in [0.1, 0.15) is 51.9 Å². The van der Waals surface area contributed by atoms with Crippen LogP contribution in [0.3, 0.4) is 0 Å². The Labute approximate surface area is 165 Å². The average Bonchev–Trinajstić information content (AvgIpc) is 2.73. The molecule has 4 heteroatoms. The highest BCUT2D eigenvalue weighted by Gasteiger charge is 2.22. The number of hydrogen-bond acceptors (Lipinski definition) is 4. The monoisotopic (exact) mass is 372 g/mol. The lowest BCUT2D eigenvalue weighted by Crippen LogP contribution is -2.32. The first-order valence-electron chi connectivity index (χ1n) is 9.00. The lowest BCUT2D eigenvalue weighted by Gasteiger charge is -2.12. The van der Waals surface area contributed by atoms with E-state index in [1.165, 1.54) is 0 Å². The molecule has 2 rings (SSSR count). The lowest BCUT2D eigenvalue weighted by atomic mass is 9.95. The van der Waals surface area contributed by atoms with Gasteiger partial charge < -0.3 is 5.73 Å². The van der Waals surface area contributed by atoms with Crippen LogP contribution in [0.4, 0.5) is 0 Å². The quantitative estimate of drug-likeness (QED) is 0.460. The Morgan fingerprint density at radius 3 is 2.61 bits per heavy atom. The third kappa shape index (κ3) is 4.87. The first kappa shape index (κ1) is 20.9. The summed E-state index contributed by atoms with van der Waals surface area (Å²) in [5.41, 5.74) is 8.05. The van der Waals surface area contributed by atoms with Gasteiger partial charge >= 0.3 is 0 Å². The summed E-state index contributed by atoms with van der Waals surface area (Å²) in [5.74, 6) is -0.353. The minimum Gasteiger partial charge on any atom is -0.316 e. The molecule has 0 aliphatic heterocycles. The van der Waals surface area contributed by atoms with E-state index in [1.807, 2.05) is 50.3 Å². The van der Waals surface area contributed by atoms with Crippen molar-refractivity contribution in [1.29, 1.82) is 0 Å². The van der Waals surface area contributed by atoms with Crippen LogP contribution in [-0.2, 0) is 0 Å². The molecule has 28 heavy (non-hydrogen) atoms. The number of hydrogen-bond donors (Lipinski definition) is 1. The van der Waals surface area contributed by atoms with Gasteiger partial charge in [-0.05, 0) is 42.8 Å². The maximum absolute atomic E-state index is 13.0. The normalized spacial score (nSPS) is 14.0. The number of pyridine rings is 1. The fraction of sp³-hybridized carbons (Fsp3) is 0.125. The van der Waals surface area contributed by atoms with Crippen molar-refractivity contribution < 1.29 is 9.59 Å². The second-order valence-corrected chi connectivity index (χ2v) is 6.09. The second-order valence-electron chi connectivity index (χ2n) is 6.09. The number of nitrogens with two attached hydrogens (primary N) is 1. The highest BCUT2D eigenvalue weighted by molar-refractivity contribution is 6.06. The molecule has 0 saturated carbocycles. The number of carbonyl (C=O) groups excluding carboxylic acids is 2. The van der Waals surface area contributed by atoms with Crippen LogP contribution in [0.2, 0.25) is 0 Å². The second kappa shape index (κ2) is 10.1. The number of nitrogens with zero attached hydrogens (tertiary/aromatic N) is 1. The Morgan fingerprint density at radius 1 is 1.18 bits per heavy atom. The van der Waals surface area contributed by atoms with Crippen LogP contribution < -0.4 is 16.3 Å². The van der Waals surface area contributed by atoms with Gasteiger partial charge in [-0.2, -0.15) is 0 Å². The molecule has 0 spiro atoms. The Hall–Kier alpha value is -3.37. The summed E-state index contributed by atoms with van der Waals surface area (Å²) in [5, 5.41) is 1.62. The minimum atomic E-state index is -0.976. The number of Topliss-reactive ketones (excluding diaryl/α,β-unsaturated/α-hetero) is 1. The van der Waals surface area contributed by atoms with Gasteiger partial charge in [0.25, 0.3) is 0 Å². The Kier molecular flexibility index (Phi) is 7.55. The zero-order valence-corrected chi connectivity index (χ0v) is 16.1. The Bertz CT molecular complexity index is 1060. The standard InChI is InChI=1S/C24H24N2O2/c1-4-7-8-10-17-11-12-19(16-27)20(15-17)24(28)23(25)22-14-13-18(6-3)21(26-22)9-5-2/h4-16,23H,2,25H2,1,3H3/b7-4-,10-8-,18-6-,21-9+. The highest BCUT2D eigenvalue weighted by Crippen LogP contribution is 2.19. The number of rotatable bonds is 7. The van der Waals surface area contributed by atoms with Gasteiger partial charge in [0.15, 0.2) is 12.1 Å². The fourth-order valence-electron chi connectivity index (χ4n) is 2.74. The minimum absolute atomic E-state index is 0.285. The van der Waals surface area contributed by atoms with Crippen molar-refractivity contribution in [3.63, 3.8) is 0 Å². The number of aromatic nitrogens is 1. The summed E-state index contributed by atoms with van der Waals surface area (Å²) in [6, 6.07) is 7.71. The van der Waals surface area contributed by atoms with Crippen LogP contribution in [0, 0.1) is 0 Å². The van der Waals surface area contributed by atoms with Crippen molar-refractivity contribution in [2.75, 3.05) is 0 Å². The molecule has 1 unspecified atom stereocenters. The van der Waals surface area contributed by atoms with Crippen molar-refractivity contribution in [2.45, 2.75) is 19.9 Å². The fourth-order valence-corrected chi connectivity index (χ4v) is 2.74. The molecule has 0 radical (unpaired) electrons. The predicted molar refractivity (Wildman–Crippen MR) is 115 cm³/mol. The van der Waals surface area contributed by atoms with Crippen LogP contribution in [0.5, 0.6) is 0 Å². The van der Waals surface area contributed by atoms with Gasteiger partial charge in [0.1, 0.15) is 6.04 Å². The highest BCUT2D eigenvalue weighted by atomic mass is 16.1. The summed E-state index contributed by atoms with van der Waals surface area (Å²) in [4.78, 5) is 29.0. The summed E-state index contributed by atoms with van der Waals surface area (Å²) in [7, 11) is 0. The molecular formula is C24H24N2O2. The van der Waals surface area contributed by atoms with Crippen molar-refractivity contribution >= 4 is 30.3 Å². The topological polar surface area (TPSA) is 73.0 Å². The molecule has 142 valence electrons. The molecule has 0 bridgehead atoms. The predicted octanol–water partition coefficient (Wildman–Crippen LogP) is 3.13. The van der Waals surface area contributed by atoms with Gasteiger partial charge in [0, 0.05) is 11.1 Å². The molecule has 0 amide bonds. The molecule has 2 N–H and O–H groups in total. The van der Waals surface area contributed by atoms with E-state index in [0.29, 0.717) is 22.9 Å². The first-order chi connectivity index (χ1) is 13.5. The third-order valence-corrected chi connectivity index (χ3v) is 4.23. The zero-order chi connectivity index (χ0) is 20.5. The van der Waals surface area contributed by atoms with E-state index in [0.717, 1.165) is 10.8 Å². The Balaban J connectivity index is 2.49. The molecule has 2 aromatic rings. The summed E-state index contributed by atoms with van der Waals surface area (Å²) in [6.45, 7) is 7.52. The SMILES string of the molecule is C=C/C=c1/nc(C(N)C(=O)c2cc(/C=C\C=C/C)ccc2C=O)cc/c1=C/C. The van der Waals surface area contributed by atoms with E-state index in [9.17, 15) is 9.59 Å². The first-order valence-corrected chi connectivity index (χ1v) is 9.00. The van der Waals surface area contributed by atoms with E-state index < -0.39 is 6.04 Å². The number of allylic oxidation sites excluding steroid dienone is 4. The molecule has 1 aromatic carbocycles. The lowest BCUT2D eigenvalue weighted by molar-refractivity contribution is 0.0954. The third-order valence-electron chi connectivity index (χ3n) is 4.23. The van der Waals surface area contributed by atoms with Crippen LogP contribution >= 0.6 is 0 Å². The van der Waals surface area contributed by atoms with Crippen molar-refractivity contribution in [2.24, 2.45) is 5.73 Å². The molecular weight excluding hydrogens is 348 g/mol. The van der Waals surface area contributed by atoms with E-state index in [4.69, 9.17) is 5.73 Å². The van der Waals surface area contributed by atoms with Crippen molar-refractivity contribution in [3.05, 3.63) is 94.2 Å². The van der Waals surface area contributed by atoms with E-state index in [1.54, 1.807) is 36.4 Å². The van der Waals surface area contributed by atoms with Crippen LogP contribution in [-0.4, -0.2) is 17.1 Å². The van der Waals surface area contributed by atoms with Gasteiger partial charge in [-0.1, -0.05) is 61.2 Å². The van der Waals surface area contributed by atoms with Gasteiger partial charge in [-0.3, -0.25) is 14.6 Å². The van der Waals surface area contributed by atoms with Crippen molar-refractivity contribution in [3.8, 4) is 0 Å². The van der Waals surface area contributed by atoms with Crippen LogP contribution in [0.15, 0.2) is 61.2 Å². The molecule has 4 nitrogen and oxygen atoms in total. The van der Waals surface area contributed by atoms with Crippen LogP contribution in [0.25, 0.3) is 18.2 Å². The molecule has 1 atom stereocenters. The zero-order valence-electron chi connectivity index (χ0n) is 16.1. The van der Waals surface area contributed by atoms with E-state index >= 15 is 0 Å². The van der Waals surface area contributed by atoms with E-state index in [2.05, 4.69) is 11.6 Å². The summed E-state index contributed by atoms with van der Waals surface area (Å²) in [6.07, 6.45) is 13.5. The number of ketones is 1. The Morgan fingerprint density at radius 2 is 1.96 bits per heavy atom. The molecule has 0 aliphatic carbocycles. The van der Waals surface area contributed by atoms with Gasteiger partial charge in [0.05, 0.1) is 11.0 Å². The van der Waals surface area contributed by atoms with Gasteiger partial charge in [-0.25, -0.2) is 0 Å². The molecule has 0 aliphatic rings. The van der Waals surface area contributed by atoms with Crippen molar-refractivity contribution in [1.82, 2.24) is 4.98 Å². The maximum atomic E-state index is 13.0. The van der Waals surface area contributed by atoms with E-state index in [-0.39, 0.29) is 11.3 Å².